The van der Waals surface area contributed by atoms with Gasteiger partial charge in [-0.25, -0.2) is 18.1 Å². The Bertz CT molecular complexity index is 948. The number of aliphatic imine (C=N–C) groups is 1. The highest BCUT2D eigenvalue weighted by Gasteiger charge is 2.29. The number of sulfonamides is 1. The number of halogens is 4. The van der Waals surface area contributed by atoms with Crippen molar-refractivity contribution in [2.24, 2.45) is 4.99 Å². The Labute approximate surface area is 197 Å². The lowest BCUT2D eigenvalue weighted by Gasteiger charge is -2.12. The molecule has 0 saturated heterocycles. The summed E-state index contributed by atoms with van der Waals surface area (Å²) in [6, 6.07) is 12.1. The van der Waals surface area contributed by atoms with Crippen molar-refractivity contribution in [3.05, 3.63) is 70.8 Å². The molecule has 2 aromatic carbocycles. The fraction of sp³-hybridized carbons (Fsp3) is 0.350. The van der Waals surface area contributed by atoms with E-state index in [0.29, 0.717) is 30.2 Å². The van der Waals surface area contributed by atoms with Gasteiger partial charge in [-0.3, -0.25) is 0 Å². The summed E-state index contributed by atoms with van der Waals surface area (Å²) < 4.78 is 63.4. The molecule has 0 aliphatic heterocycles. The Morgan fingerprint density at radius 2 is 1.48 bits per heavy atom. The van der Waals surface area contributed by atoms with E-state index in [1.165, 1.54) is 19.2 Å². The van der Waals surface area contributed by atoms with E-state index in [1.807, 2.05) is 19.1 Å². The summed E-state index contributed by atoms with van der Waals surface area (Å²) in [6.45, 7) is 3.22. The topological polar surface area (TPSA) is 82.6 Å². The lowest BCUT2D eigenvalue weighted by Crippen LogP contribution is -2.36. The molecule has 0 unspecified atom stereocenters. The summed E-state index contributed by atoms with van der Waals surface area (Å²) in [7, 11) is -1.95. The zero-order valence-corrected chi connectivity index (χ0v) is 20.3. The van der Waals surface area contributed by atoms with E-state index in [4.69, 9.17) is 0 Å². The number of alkyl halides is 3. The fourth-order valence-corrected chi connectivity index (χ4v) is 3.32. The first-order valence-electron chi connectivity index (χ1n) is 9.30. The number of nitrogens with one attached hydrogen (secondary N) is 3. The number of rotatable bonds is 8. The van der Waals surface area contributed by atoms with Gasteiger partial charge in [0, 0.05) is 13.1 Å². The van der Waals surface area contributed by atoms with Crippen LogP contribution in [0.3, 0.4) is 0 Å². The first kappa shape index (κ1) is 27.2. The zero-order valence-electron chi connectivity index (χ0n) is 17.2. The highest BCUT2D eigenvalue weighted by molar-refractivity contribution is 14.0. The third kappa shape index (κ3) is 9.44. The average Bonchev–Trinajstić information content (AvgIpc) is 2.70. The molecule has 0 radical (unpaired) electrons. The van der Waals surface area contributed by atoms with E-state index < -0.39 is 21.8 Å². The molecule has 0 aromatic heterocycles. The van der Waals surface area contributed by atoms with Crippen LogP contribution >= 0.6 is 24.0 Å². The van der Waals surface area contributed by atoms with Crippen LogP contribution in [0.25, 0.3) is 0 Å². The number of benzene rings is 2. The van der Waals surface area contributed by atoms with Crippen molar-refractivity contribution in [1.29, 1.82) is 0 Å². The molecule has 0 spiro atoms. The maximum atomic E-state index is 12.6. The Kier molecular flexibility index (Phi) is 10.7. The molecule has 0 saturated carbocycles. The van der Waals surface area contributed by atoms with E-state index in [9.17, 15) is 21.6 Å². The van der Waals surface area contributed by atoms with Gasteiger partial charge in [0.15, 0.2) is 5.96 Å². The monoisotopic (exact) mass is 570 g/mol. The predicted octanol–water partition coefficient (Wildman–Crippen LogP) is 3.63. The number of hydrogen-bond acceptors (Lipinski definition) is 3. The maximum absolute atomic E-state index is 12.6. The van der Waals surface area contributed by atoms with Gasteiger partial charge in [0.2, 0.25) is 10.0 Å². The van der Waals surface area contributed by atoms with Crippen LogP contribution in [0.15, 0.2) is 53.5 Å². The molecule has 2 rings (SSSR count). The molecule has 0 heterocycles. The van der Waals surface area contributed by atoms with Gasteiger partial charge >= 0.3 is 6.18 Å². The van der Waals surface area contributed by atoms with Crippen molar-refractivity contribution in [3.63, 3.8) is 0 Å². The highest BCUT2D eigenvalue weighted by atomic mass is 127. The van der Waals surface area contributed by atoms with Crippen LogP contribution in [0, 0.1) is 0 Å². The van der Waals surface area contributed by atoms with E-state index >= 15 is 0 Å². The van der Waals surface area contributed by atoms with Gasteiger partial charge in [0.25, 0.3) is 0 Å². The minimum Gasteiger partial charge on any atom is -0.357 e. The number of nitrogens with zero attached hydrogens (tertiary/aromatic N) is 1. The van der Waals surface area contributed by atoms with Crippen molar-refractivity contribution in [2.45, 2.75) is 31.9 Å². The molecule has 6 nitrogen and oxygen atoms in total. The summed E-state index contributed by atoms with van der Waals surface area (Å²) in [5.41, 5.74) is 1.58. The van der Waals surface area contributed by atoms with Gasteiger partial charge in [0.05, 0.1) is 17.9 Å². The Balaban J connectivity index is 0.00000480. The second-order valence-electron chi connectivity index (χ2n) is 6.52. The van der Waals surface area contributed by atoms with Gasteiger partial charge in [-0.2, -0.15) is 13.2 Å². The number of hydrogen-bond donors (Lipinski definition) is 3. The van der Waals surface area contributed by atoms with Gasteiger partial charge < -0.3 is 10.6 Å². The first-order valence-corrected chi connectivity index (χ1v) is 11.0. The van der Waals surface area contributed by atoms with Crippen LogP contribution in [0.5, 0.6) is 0 Å². The van der Waals surface area contributed by atoms with E-state index in [2.05, 4.69) is 20.3 Å². The van der Waals surface area contributed by atoms with Crippen molar-refractivity contribution in [1.82, 2.24) is 15.4 Å². The average molecular weight is 570 g/mol. The molecule has 0 aliphatic rings. The van der Waals surface area contributed by atoms with Gasteiger partial charge in [-0.1, -0.05) is 36.4 Å². The van der Waals surface area contributed by atoms with Crippen LogP contribution in [0.2, 0.25) is 0 Å². The number of guanidine groups is 1. The molecule has 0 amide bonds. The smallest absolute Gasteiger partial charge is 0.357 e. The third-order valence-corrected chi connectivity index (χ3v) is 5.53. The van der Waals surface area contributed by atoms with Crippen molar-refractivity contribution in [2.75, 3.05) is 13.6 Å². The summed E-state index contributed by atoms with van der Waals surface area (Å²) in [5, 5.41) is 6.23. The largest absolute Gasteiger partial charge is 0.416 e. The lowest BCUT2D eigenvalue weighted by atomic mass is 10.1. The molecular weight excluding hydrogens is 544 g/mol. The normalized spacial score (nSPS) is 12.2. The Hall–Kier alpha value is -1.86. The molecule has 11 heteroatoms. The van der Waals surface area contributed by atoms with Gasteiger partial charge in [-0.05, 0) is 42.8 Å². The highest BCUT2D eigenvalue weighted by Crippen LogP contribution is 2.29. The molecule has 2 aromatic rings. The molecule has 31 heavy (non-hydrogen) atoms. The summed E-state index contributed by atoms with van der Waals surface area (Å²) in [6.07, 6.45) is -4.36. The van der Waals surface area contributed by atoms with Gasteiger partial charge in [0.1, 0.15) is 0 Å². The van der Waals surface area contributed by atoms with E-state index in [0.717, 1.165) is 17.7 Å². The summed E-state index contributed by atoms with van der Waals surface area (Å²) in [5.74, 6) is 0.438. The molecule has 0 bridgehead atoms. The first-order chi connectivity index (χ1) is 14.1. The summed E-state index contributed by atoms with van der Waals surface area (Å²) in [4.78, 5) is 4.39. The molecule has 172 valence electrons. The Morgan fingerprint density at radius 3 is 2.00 bits per heavy atom. The molecular formula is C20H26F3IN4O2S. The van der Waals surface area contributed by atoms with Gasteiger partial charge in [-0.15, -0.1) is 24.0 Å². The van der Waals surface area contributed by atoms with E-state index in [-0.39, 0.29) is 36.3 Å². The minimum absolute atomic E-state index is 0. The predicted molar refractivity (Wildman–Crippen MR) is 127 cm³/mol. The molecule has 0 aliphatic carbocycles. The standard InChI is InChI=1S/C20H25F3N4O2S.HI/c1-3-25-19(27-13-16-8-10-18(11-9-16)20(21,22)23)26-12-15-4-6-17(7-5-15)14-30(28,29)24-2;/h4-11,24H,3,12-14H2,1-2H3,(H2,25,26,27);1H. The molecule has 0 atom stereocenters. The second kappa shape index (κ2) is 12.2. The van der Waals surface area contributed by atoms with Crippen LogP contribution in [0.4, 0.5) is 13.2 Å². The third-order valence-electron chi connectivity index (χ3n) is 4.20. The van der Waals surface area contributed by atoms with Crippen LogP contribution < -0.4 is 15.4 Å². The maximum Gasteiger partial charge on any atom is 0.416 e. The minimum atomic E-state index is -4.36. The van der Waals surface area contributed by atoms with Crippen molar-refractivity contribution in [3.8, 4) is 0 Å². The lowest BCUT2D eigenvalue weighted by molar-refractivity contribution is -0.137. The van der Waals surface area contributed by atoms with Crippen LogP contribution in [-0.4, -0.2) is 28.0 Å². The van der Waals surface area contributed by atoms with Crippen LogP contribution in [-0.2, 0) is 35.0 Å². The van der Waals surface area contributed by atoms with E-state index in [1.54, 1.807) is 12.1 Å². The zero-order chi connectivity index (χ0) is 22.2. The summed E-state index contributed by atoms with van der Waals surface area (Å²) >= 11 is 0. The Morgan fingerprint density at radius 1 is 0.935 bits per heavy atom. The van der Waals surface area contributed by atoms with Crippen molar-refractivity contribution < 1.29 is 21.6 Å². The quantitative estimate of drug-likeness (QED) is 0.257. The van der Waals surface area contributed by atoms with Crippen molar-refractivity contribution >= 4 is 40.0 Å². The SMILES string of the molecule is CCNC(=NCc1ccc(C(F)(F)F)cc1)NCc1ccc(CS(=O)(=O)NC)cc1.I. The molecule has 3 N–H and O–H groups in total. The molecule has 0 fully saturated rings. The fourth-order valence-electron chi connectivity index (χ4n) is 2.54. The second-order valence-corrected chi connectivity index (χ2v) is 8.45. The van der Waals surface area contributed by atoms with Crippen LogP contribution in [0.1, 0.15) is 29.2 Å².